The third-order valence-corrected chi connectivity index (χ3v) is 6.56. The number of carbonyl (C=O) groups is 3. The minimum atomic E-state index is -0.459. The van der Waals surface area contributed by atoms with Crippen LogP contribution in [0.3, 0.4) is 0 Å². The van der Waals surface area contributed by atoms with Gasteiger partial charge in [-0.1, -0.05) is 46.3 Å². The summed E-state index contributed by atoms with van der Waals surface area (Å²) in [5.74, 6) is -0.873. The Hall–Kier alpha value is -3.98. The van der Waals surface area contributed by atoms with Crippen molar-refractivity contribution in [3.8, 4) is 0 Å². The molecule has 1 atom stereocenters. The summed E-state index contributed by atoms with van der Waals surface area (Å²) in [5.41, 5.74) is 8.73. The summed E-state index contributed by atoms with van der Waals surface area (Å²) in [6.07, 6.45) is 0.0847. The van der Waals surface area contributed by atoms with Gasteiger partial charge in [0, 0.05) is 35.7 Å². The number of nitrogens with one attached hydrogen (secondary N) is 1. The van der Waals surface area contributed by atoms with Crippen molar-refractivity contribution in [1.29, 1.82) is 0 Å². The van der Waals surface area contributed by atoms with Crippen molar-refractivity contribution in [3.05, 3.63) is 88.4 Å². The Labute approximate surface area is 217 Å². The second-order valence-electron chi connectivity index (χ2n) is 8.47. The van der Waals surface area contributed by atoms with E-state index in [1.165, 1.54) is 0 Å². The standard InChI is InChI=1S/C27H26BrN5O3/c1-17(18-6-4-3-5-7-18)26(36)32(2)21-12-13-23-22(16-21)30-27(33(23)15-14-24(29)34)31-25(35)19-8-10-20(28)11-9-19/h3-13,16-17H,14-15H2,1-2H3,(H2,29,34)(H,30,31,35). The Morgan fingerprint density at radius 1 is 1.06 bits per heavy atom. The predicted molar refractivity (Wildman–Crippen MR) is 144 cm³/mol. The average Bonchev–Trinajstić information content (AvgIpc) is 3.22. The molecule has 0 bridgehead atoms. The lowest BCUT2D eigenvalue weighted by atomic mass is 10.00. The highest BCUT2D eigenvalue weighted by Gasteiger charge is 2.22. The topological polar surface area (TPSA) is 110 Å². The number of halogens is 1. The summed E-state index contributed by atoms with van der Waals surface area (Å²) < 4.78 is 2.61. The Morgan fingerprint density at radius 3 is 2.42 bits per heavy atom. The van der Waals surface area contributed by atoms with Gasteiger partial charge in [0.05, 0.1) is 17.0 Å². The van der Waals surface area contributed by atoms with Crippen LogP contribution < -0.4 is 16.0 Å². The van der Waals surface area contributed by atoms with E-state index < -0.39 is 5.91 Å². The Morgan fingerprint density at radius 2 is 1.75 bits per heavy atom. The average molecular weight is 548 g/mol. The zero-order valence-electron chi connectivity index (χ0n) is 19.9. The lowest BCUT2D eigenvalue weighted by Gasteiger charge is -2.22. The third-order valence-electron chi connectivity index (χ3n) is 6.03. The Kier molecular flexibility index (Phi) is 7.49. The smallest absolute Gasteiger partial charge is 0.257 e. The number of hydrogen-bond donors (Lipinski definition) is 2. The van der Waals surface area contributed by atoms with Crippen molar-refractivity contribution in [2.24, 2.45) is 5.73 Å². The lowest BCUT2D eigenvalue weighted by Crippen LogP contribution is -2.30. The molecule has 3 amide bonds. The Bertz CT molecular complexity index is 1420. The molecule has 0 aliphatic heterocycles. The van der Waals surface area contributed by atoms with Gasteiger partial charge in [0.25, 0.3) is 5.91 Å². The fourth-order valence-electron chi connectivity index (χ4n) is 3.95. The molecule has 0 saturated heterocycles. The largest absolute Gasteiger partial charge is 0.370 e. The number of rotatable bonds is 8. The van der Waals surface area contributed by atoms with Crippen molar-refractivity contribution in [2.45, 2.75) is 25.8 Å². The van der Waals surface area contributed by atoms with E-state index in [-0.39, 0.29) is 30.7 Å². The molecule has 8 nitrogen and oxygen atoms in total. The SMILES string of the molecule is CC(C(=O)N(C)c1ccc2c(c1)nc(NC(=O)c1ccc(Br)cc1)n2CCC(N)=O)c1ccccc1. The monoisotopic (exact) mass is 547 g/mol. The molecule has 0 aliphatic rings. The molecule has 0 aliphatic carbocycles. The number of carbonyl (C=O) groups excluding carboxylic acids is 3. The molecule has 3 N–H and O–H groups in total. The molecule has 0 spiro atoms. The predicted octanol–water partition coefficient (Wildman–Crippen LogP) is 4.69. The van der Waals surface area contributed by atoms with Gasteiger partial charge in [0.15, 0.2) is 0 Å². The van der Waals surface area contributed by atoms with Crippen LogP contribution in [0.2, 0.25) is 0 Å². The van der Waals surface area contributed by atoms with E-state index >= 15 is 0 Å². The van der Waals surface area contributed by atoms with Crippen LogP contribution in [-0.2, 0) is 16.1 Å². The van der Waals surface area contributed by atoms with Crippen LogP contribution in [0.4, 0.5) is 11.6 Å². The van der Waals surface area contributed by atoms with Crippen LogP contribution >= 0.6 is 15.9 Å². The van der Waals surface area contributed by atoms with Gasteiger partial charge in [-0.2, -0.15) is 0 Å². The number of aryl methyl sites for hydroxylation is 1. The van der Waals surface area contributed by atoms with Crippen LogP contribution in [0.15, 0.2) is 77.3 Å². The summed E-state index contributed by atoms with van der Waals surface area (Å²) in [6.45, 7) is 2.13. The van der Waals surface area contributed by atoms with E-state index in [9.17, 15) is 14.4 Å². The summed E-state index contributed by atoms with van der Waals surface area (Å²) >= 11 is 3.36. The summed E-state index contributed by atoms with van der Waals surface area (Å²) in [6, 6.07) is 22.0. The minimum absolute atomic E-state index is 0.0579. The first-order valence-electron chi connectivity index (χ1n) is 11.4. The number of amides is 3. The number of benzene rings is 3. The molecule has 184 valence electrons. The van der Waals surface area contributed by atoms with Gasteiger partial charge in [-0.25, -0.2) is 4.98 Å². The normalized spacial score (nSPS) is 11.8. The Balaban J connectivity index is 1.65. The lowest BCUT2D eigenvalue weighted by molar-refractivity contribution is -0.119. The molecule has 36 heavy (non-hydrogen) atoms. The van der Waals surface area contributed by atoms with Crippen LogP contribution in [-0.4, -0.2) is 34.3 Å². The fraction of sp³-hybridized carbons (Fsp3) is 0.185. The van der Waals surface area contributed by atoms with Gasteiger partial charge in [-0.05, 0) is 55.0 Å². The molecule has 0 fully saturated rings. The molecule has 9 heteroatoms. The van der Waals surface area contributed by atoms with Crippen LogP contribution in [0, 0.1) is 0 Å². The minimum Gasteiger partial charge on any atom is -0.370 e. The number of fused-ring (bicyclic) bond motifs is 1. The van der Waals surface area contributed by atoms with Crippen molar-refractivity contribution in [3.63, 3.8) is 0 Å². The molecule has 4 rings (SSSR count). The third kappa shape index (κ3) is 5.46. The molecule has 4 aromatic rings. The van der Waals surface area contributed by atoms with E-state index in [1.807, 2.05) is 49.4 Å². The van der Waals surface area contributed by atoms with E-state index in [4.69, 9.17) is 5.73 Å². The maximum Gasteiger partial charge on any atom is 0.257 e. The fourth-order valence-corrected chi connectivity index (χ4v) is 4.21. The molecule has 1 aromatic heterocycles. The van der Waals surface area contributed by atoms with Gasteiger partial charge in [-0.3, -0.25) is 19.7 Å². The van der Waals surface area contributed by atoms with Gasteiger partial charge in [0.1, 0.15) is 0 Å². The first kappa shape index (κ1) is 25.1. The van der Waals surface area contributed by atoms with Crippen LogP contribution in [0.5, 0.6) is 0 Å². The van der Waals surface area contributed by atoms with E-state index in [0.717, 1.165) is 10.0 Å². The summed E-state index contributed by atoms with van der Waals surface area (Å²) in [4.78, 5) is 43.7. The zero-order chi connectivity index (χ0) is 25.8. The number of likely N-dealkylation sites (N-methyl/N-ethyl adjacent to an activating group) is 1. The number of nitrogens with two attached hydrogens (primary N) is 1. The number of imidazole rings is 1. The maximum absolute atomic E-state index is 13.1. The molecule has 1 heterocycles. The first-order valence-corrected chi connectivity index (χ1v) is 12.2. The number of hydrogen-bond acceptors (Lipinski definition) is 4. The highest BCUT2D eigenvalue weighted by Crippen LogP contribution is 2.28. The quantitative estimate of drug-likeness (QED) is 0.333. The first-order chi connectivity index (χ1) is 17.2. The number of primary amides is 1. The molecule has 0 saturated carbocycles. The molecule has 3 aromatic carbocycles. The van der Waals surface area contributed by atoms with Gasteiger partial charge in [0.2, 0.25) is 17.8 Å². The van der Waals surface area contributed by atoms with Crippen molar-refractivity contribution < 1.29 is 14.4 Å². The van der Waals surface area contributed by atoms with Gasteiger partial charge in [-0.15, -0.1) is 0 Å². The second kappa shape index (κ2) is 10.7. The number of aromatic nitrogens is 2. The zero-order valence-corrected chi connectivity index (χ0v) is 21.5. The van der Waals surface area contributed by atoms with E-state index in [0.29, 0.717) is 28.2 Å². The van der Waals surface area contributed by atoms with E-state index in [1.54, 1.807) is 46.8 Å². The second-order valence-corrected chi connectivity index (χ2v) is 9.38. The maximum atomic E-state index is 13.1. The van der Waals surface area contributed by atoms with Crippen LogP contribution in [0.1, 0.15) is 35.2 Å². The van der Waals surface area contributed by atoms with Crippen LogP contribution in [0.25, 0.3) is 11.0 Å². The molecule has 1 unspecified atom stereocenters. The van der Waals surface area contributed by atoms with E-state index in [2.05, 4.69) is 26.2 Å². The summed E-state index contributed by atoms with van der Waals surface area (Å²) in [7, 11) is 1.73. The molecular formula is C27H26BrN5O3. The highest BCUT2D eigenvalue weighted by atomic mass is 79.9. The van der Waals surface area contributed by atoms with Gasteiger partial charge >= 0.3 is 0 Å². The molecular weight excluding hydrogens is 522 g/mol. The highest BCUT2D eigenvalue weighted by molar-refractivity contribution is 9.10. The van der Waals surface area contributed by atoms with Crippen molar-refractivity contribution in [2.75, 3.05) is 17.3 Å². The van der Waals surface area contributed by atoms with Crippen molar-refractivity contribution in [1.82, 2.24) is 9.55 Å². The number of anilines is 2. The molecule has 0 radical (unpaired) electrons. The summed E-state index contributed by atoms with van der Waals surface area (Å²) in [5, 5.41) is 2.84. The van der Waals surface area contributed by atoms with Crippen molar-refractivity contribution >= 4 is 56.3 Å². The van der Waals surface area contributed by atoms with Gasteiger partial charge < -0.3 is 15.2 Å². The number of nitrogens with zero attached hydrogens (tertiary/aromatic N) is 3.